The largest absolute Gasteiger partial charge is 0.308 e. The van der Waals surface area contributed by atoms with Crippen molar-refractivity contribution in [3.8, 4) is 0 Å². The summed E-state index contributed by atoms with van der Waals surface area (Å²) in [5.41, 5.74) is 3.39. The van der Waals surface area contributed by atoms with E-state index in [0.717, 1.165) is 10.9 Å². The Morgan fingerprint density at radius 3 is 2.76 bits per heavy atom. The summed E-state index contributed by atoms with van der Waals surface area (Å²) in [6, 6.07) is 14.5. The highest BCUT2D eigenvalue weighted by Gasteiger charge is 2.10. The molecular formula is C15H10N2. The molecule has 80 valence electrons. The summed E-state index contributed by atoms with van der Waals surface area (Å²) in [5.74, 6) is 0. The molecule has 4 rings (SSSR count). The Morgan fingerprint density at radius 2 is 1.82 bits per heavy atom. The van der Waals surface area contributed by atoms with Crippen LogP contribution >= 0.6 is 0 Å². The molecule has 0 saturated carbocycles. The van der Waals surface area contributed by atoms with Gasteiger partial charge in [0.25, 0.3) is 0 Å². The molecule has 2 nitrogen and oxygen atoms in total. The number of aromatic nitrogens is 2. The molecule has 0 saturated heterocycles. The van der Waals surface area contributed by atoms with Crippen molar-refractivity contribution in [2.24, 2.45) is 0 Å². The Bertz CT molecular complexity index is 903. The SMILES string of the molecule is C=c1ccc2nccc3c4ccccc4n1c23. The van der Waals surface area contributed by atoms with Gasteiger partial charge in [0.2, 0.25) is 0 Å². The van der Waals surface area contributed by atoms with Crippen LogP contribution in [0, 0.1) is 0 Å². The fraction of sp³-hybridized carbons (Fsp3) is 0. The Kier molecular flexibility index (Phi) is 1.47. The number of pyridine rings is 2. The van der Waals surface area contributed by atoms with E-state index in [0.29, 0.717) is 0 Å². The number of fused-ring (bicyclic) bond motifs is 3. The van der Waals surface area contributed by atoms with Crippen molar-refractivity contribution in [1.29, 1.82) is 0 Å². The van der Waals surface area contributed by atoms with Gasteiger partial charge in [0.1, 0.15) is 0 Å². The standard InChI is InChI=1S/C15H10N2/c1-10-6-7-13-15-12(8-9-16-13)11-4-2-3-5-14(11)17(10)15/h2-9H,1H2. The first-order chi connectivity index (χ1) is 8.36. The molecule has 0 amide bonds. The summed E-state index contributed by atoms with van der Waals surface area (Å²) < 4.78 is 2.19. The first-order valence-corrected chi connectivity index (χ1v) is 5.62. The summed E-state index contributed by atoms with van der Waals surface area (Å²) in [7, 11) is 0. The summed E-state index contributed by atoms with van der Waals surface area (Å²) >= 11 is 0. The van der Waals surface area contributed by atoms with E-state index in [1.165, 1.54) is 21.8 Å². The van der Waals surface area contributed by atoms with E-state index in [-0.39, 0.29) is 0 Å². The third-order valence-corrected chi connectivity index (χ3v) is 3.33. The van der Waals surface area contributed by atoms with Crippen LogP contribution < -0.4 is 5.35 Å². The van der Waals surface area contributed by atoms with Gasteiger partial charge in [0.05, 0.1) is 16.6 Å². The lowest BCUT2D eigenvalue weighted by Crippen LogP contribution is -2.09. The molecule has 2 heteroatoms. The van der Waals surface area contributed by atoms with E-state index in [9.17, 15) is 0 Å². The molecule has 3 heterocycles. The topological polar surface area (TPSA) is 17.3 Å². The molecule has 0 aliphatic heterocycles. The van der Waals surface area contributed by atoms with Crippen molar-refractivity contribution in [2.45, 2.75) is 0 Å². The minimum atomic E-state index is 0.997. The van der Waals surface area contributed by atoms with Gasteiger partial charge >= 0.3 is 0 Å². The highest BCUT2D eigenvalue weighted by Crippen LogP contribution is 2.28. The predicted molar refractivity (Wildman–Crippen MR) is 70.9 cm³/mol. The van der Waals surface area contributed by atoms with E-state index in [1.54, 1.807) is 0 Å². The second kappa shape index (κ2) is 2.86. The molecule has 17 heavy (non-hydrogen) atoms. The normalized spacial score (nSPS) is 11.8. The zero-order valence-electron chi connectivity index (χ0n) is 9.22. The van der Waals surface area contributed by atoms with Gasteiger partial charge in [-0.1, -0.05) is 24.8 Å². The second-order valence-corrected chi connectivity index (χ2v) is 4.27. The molecule has 0 N–H and O–H groups in total. The highest BCUT2D eigenvalue weighted by molar-refractivity contribution is 6.12. The monoisotopic (exact) mass is 218 g/mol. The number of hydrogen-bond acceptors (Lipinski definition) is 1. The number of benzene rings is 1. The zero-order chi connectivity index (χ0) is 11.4. The Morgan fingerprint density at radius 1 is 0.941 bits per heavy atom. The number of rotatable bonds is 0. The Balaban J connectivity index is 2.57. The van der Waals surface area contributed by atoms with Crippen LogP contribution in [0.1, 0.15) is 0 Å². The van der Waals surface area contributed by atoms with Crippen molar-refractivity contribution in [1.82, 2.24) is 9.38 Å². The number of para-hydroxylation sites is 1. The van der Waals surface area contributed by atoms with E-state index in [1.807, 2.05) is 18.3 Å². The van der Waals surface area contributed by atoms with E-state index < -0.39 is 0 Å². The molecule has 0 atom stereocenters. The van der Waals surface area contributed by atoms with Gasteiger partial charge in [0.15, 0.2) is 0 Å². The van der Waals surface area contributed by atoms with Gasteiger partial charge in [-0.3, -0.25) is 4.98 Å². The lowest BCUT2D eigenvalue weighted by atomic mass is 10.2. The van der Waals surface area contributed by atoms with Gasteiger partial charge in [0, 0.05) is 22.3 Å². The molecule has 0 bridgehead atoms. The maximum atomic E-state index is 4.42. The summed E-state index contributed by atoms with van der Waals surface area (Å²) in [4.78, 5) is 4.42. The van der Waals surface area contributed by atoms with E-state index in [2.05, 4.69) is 46.3 Å². The van der Waals surface area contributed by atoms with Crippen molar-refractivity contribution in [2.75, 3.05) is 0 Å². The predicted octanol–water partition coefficient (Wildman–Crippen LogP) is 2.77. The van der Waals surface area contributed by atoms with Gasteiger partial charge in [-0.2, -0.15) is 0 Å². The maximum Gasteiger partial charge on any atom is 0.0877 e. The first kappa shape index (κ1) is 8.76. The molecular weight excluding hydrogens is 208 g/mol. The molecule has 4 aromatic rings. The molecule has 0 fully saturated rings. The summed E-state index contributed by atoms with van der Waals surface area (Å²) in [6.45, 7) is 4.11. The van der Waals surface area contributed by atoms with Crippen molar-refractivity contribution in [3.05, 3.63) is 54.0 Å². The lowest BCUT2D eigenvalue weighted by Gasteiger charge is -2.00. The minimum absolute atomic E-state index is 0.997. The minimum Gasteiger partial charge on any atom is -0.308 e. The number of nitrogens with zero attached hydrogens (tertiary/aromatic N) is 2. The summed E-state index contributed by atoms with van der Waals surface area (Å²) in [6.07, 6.45) is 1.87. The smallest absolute Gasteiger partial charge is 0.0877 e. The molecule has 1 aromatic carbocycles. The third-order valence-electron chi connectivity index (χ3n) is 3.33. The Labute approximate surface area is 97.8 Å². The zero-order valence-corrected chi connectivity index (χ0v) is 9.22. The van der Waals surface area contributed by atoms with Crippen LogP contribution in [0.3, 0.4) is 0 Å². The second-order valence-electron chi connectivity index (χ2n) is 4.27. The molecule has 3 aromatic heterocycles. The highest BCUT2D eigenvalue weighted by atomic mass is 14.9. The summed E-state index contributed by atoms with van der Waals surface area (Å²) in [5, 5.41) is 3.50. The average molecular weight is 218 g/mol. The quantitative estimate of drug-likeness (QED) is 0.443. The van der Waals surface area contributed by atoms with Crippen LogP contribution in [0.2, 0.25) is 0 Å². The molecule has 0 spiro atoms. The Hall–Kier alpha value is -2.35. The van der Waals surface area contributed by atoms with Crippen LogP contribution in [0.15, 0.2) is 48.7 Å². The van der Waals surface area contributed by atoms with Gasteiger partial charge in [-0.25, -0.2) is 0 Å². The van der Waals surface area contributed by atoms with Crippen molar-refractivity contribution >= 4 is 33.9 Å². The van der Waals surface area contributed by atoms with Crippen LogP contribution in [0.5, 0.6) is 0 Å². The third kappa shape index (κ3) is 0.972. The molecule has 0 aliphatic carbocycles. The van der Waals surface area contributed by atoms with E-state index in [4.69, 9.17) is 0 Å². The maximum absolute atomic E-state index is 4.42. The fourth-order valence-corrected chi connectivity index (χ4v) is 2.61. The lowest BCUT2D eigenvalue weighted by molar-refractivity contribution is 1.19. The van der Waals surface area contributed by atoms with Crippen LogP contribution in [-0.4, -0.2) is 9.38 Å². The van der Waals surface area contributed by atoms with Crippen LogP contribution in [0.4, 0.5) is 0 Å². The van der Waals surface area contributed by atoms with Gasteiger partial charge in [-0.15, -0.1) is 0 Å². The van der Waals surface area contributed by atoms with Crippen molar-refractivity contribution < 1.29 is 0 Å². The van der Waals surface area contributed by atoms with Crippen LogP contribution in [0.25, 0.3) is 33.9 Å². The van der Waals surface area contributed by atoms with Gasteiger partial charge < -0.3 is 4.40 Å². The number of hydrogen-bond donors (Lipinski definition) is 0. The van der Waals surface area contributed by atoms with Gasteiger partial charge in [-0.05, 0) is 24.3 Å². The fourth-order valence-electron chi connectivity index (χ4n) is 2.61. The first-order valence-electron chi connectivity index (χ1n) is 5.62. The molecule has 0 radical (unpaired) electrons. The molecule has 0 aliphatic rings. The van der Waals surface area contributed by atoms with E-state index >= 15 is 0 Å². The average Bonchev–Trinajstić information content (AvgIpc) is 2.71. The molecule has 0 unspecified atom stereocenters. The van der Waals surface area contributed by atoms with Crippen molar-refractivity contribution in [3.63, 3.8) is 0 Å². The van der Waals surface area contributed by atoms with Crippen LogP contribution in [-0.2, 0) is 0 Å².